The average Bonchev–Trinajstić information content (AvgIpc) is 1.35. The summed E-state index contributed by atoms with van der Waals surface area (Å²) in [6.45, 7) is 0.985. The van der Waals surface area contributed by atoms with Crippen LogP contribution in [-0.4, -0.2) is 21.9 Å². The lowest BCUT2D eigenvalue weighted by molar-refractivity contribution is 0.843. The maximum Gasteiger partial charge on any atom is 0.337 e. The molecule has 32 valence electrons. The minimum atomic E-state index is -0.602. The molecule has 0 aromatic rings. The Bertz CT molecular complexity index is 30.0. The normalized spacial score (nSPS) is 7.67. The summed E-state index contributed by atoms with van der Waals surface area (Å²) in [6.07, 6.45) is 0.708. The lowest BCUT2D eigenvalue weighted by Crippen LogP contribution is -2.02. The Morgan fingerprint density at radius 1 is 2.00 bits per heavy atom. The van der Waals surface area contributed by atoms with E-state index in [9.17, 15) is 4.32 Å². The quantitative estimate of drug-likeness (QED) is 0.396. The number of rotatable bonds is 2. The molecule has 0 saturated heterocycles. The van der Waals surface area contributed by atoms with Gasteiger partial charge in [0.2, 0.25) is 0 Å². The van der Waals surface area contributed by atoms with Crippen LogP contribution in [0.25, 0.3) is 0 Å². The van der Waals surface area contributed by atoms with Gasteiger partial charge in [-0.2, -0.15) is 0 Å². The molecule has 0 saturated carbocycles. The van der Waals surface area contributed by atoms with E-state index in [0.29, 0.717) is 6.22 Å². The third-order valence-electron chi connectivity index (χ3n) is 0.686. The van der Waals surface area contributed by atoms with Gasteiger partial charge in [-0.05, 0) is 0 Å². The molecule has 0 aliphatic rings. The summed E-state index contributed by atoms with van der Waals surface area (Å²) in [5, 5.41) is 0. The third-order valence-corrected chi connectivity index (χ3v) is 0.686. The van der Waals surface area contributed by atoms with Gasteiger partial charge in [0.05, 0.1) is 14.9 Å². The first-order chi connectivity index (χ1) is 2.77. The Hall–Kier alpha value is 0.125. The van der Waals surface area contributed by atoms with E-state index in [1.54, 1.807) is 6.82 Å². The van der Waals surface area contributed by atoms with Crippen LogP contribution < -0.4 is 0 Å². The molecule has 0 bridgehead atoms. The summed E-state index contributed by atoms with van der Waals surface area (Å²) in [6, 6.07) is 0. The van der Waals surface area contributed by atoms with Crippen LogP contribution in [0.3, 0.4) is 0 Å². The van der Waals surface area contributed by atoms with Crippen LogP contribution in [0.15, 0.2) is 0 Å². The molecule has 0 rings (SSSR count). The summed E-state index contributed by atoms with van der Waals surface area (Å²) in [7, 11) is 2.94. The Morgan fingerprint density at radius 3 is 2.50 bits per heavy atom. The zero-order chi connectivity index (χ0) is 4.99. The monoisotopic (exact) mass is 84.1 g/mol. The van der Waals surface area contributed by atoms with Crippen LogP contribution in [-0.2, 0) is 0 Å². The number of hydrogen-bond donors (Lipinski definition) is 0. The second kappa shape index (κ2) is 3.32. The van der Waals surface area contributed by atoms with Crippen molar-refractivity contribution in [3.05, 3.63) is 0 Å². The molecule has 0 aliphatic carbocycles. The molecule has 0 amide bonds. The summed E-state index contributed by atoms with van der Waals surface area (Å²) < 4.78 is 11.7. The van der Waals surface area contributed by atoms with Crippen molar-refractivity contribution in [2.75, 3.05) is 0 Å². The van der Waals surface area contributed by atoms with Gasteiger partial charge < -0.3 is 4.32 Å². The topological polar surface area (TPSA) is 0 Å². The zero-order valence-corrected chi connectivity index (χ0v) is 4.37. The molecule has 6 heavy (non-hydrogen) atoms. The van der Waals surface area contributed by atoms with Crippen LogP contribution in [0.4, 0.5) is 4.32 Å². The molecule has 0 spiro atoms. The predicted molar refractivity (Wildman–Crippen MR) is 33.2 cm³/mol. The first-order valence-corrected chi connectivity index (χ1v) is 2.41. The first-order valence-electron chi connectivity index (χ1n) is 2.41. The lowest BCUT2D eigenvalue weighted by Gasteiger charge is -1.84. The molecule has 0 aromatic carbocycles. The molecule has 0 aromatic heterocycles. The highest BCUT2D eigenvalue weighted by Crippen LogP contribution is 1.86. The van der Waals surface area contributed by atoms with Crippen LogP contribution in [0.2, 0.25) is 13.0 Å². The van der Waals surface area contributed by atoms with E-state index in [1.807, 2.05) is 7.74 Å². The summed E-state index contributed by atoms with van der Waals surface area (Å²) in [5.74, 6) is 0. The van der Waals surface area contributed by atoms with Crippen molar-refractivity contribution in [2.24, 2.45) is 0 Å². The second-order valence-corrected chi connectivity index (χ2v) is 1.57. The van der Waals surface area contributed by atoms with Crippen molar-refractivity contribution >= 4 is 21.9 Å². The fourth-order valence-corrected chi connectivity index (χ4v) is 0.398. The van der Waals surface area contributed by atoms with E-state index < -0.39 is 6.99 Å². The van der Waals surface area contributed by atoms with Gasteiger partial charge in [0.15, 0.2) is 0 Å². The third kappa shape index (κ3) is 4.12. The molecule has 0 nitrogen and oxygen atoms in total. The fraction of sp³-hybridized carbons (Fsp3) is 1.00. The standard InChI is InChI=1S/C2H8B3F/c1-5(6)2-4-3/h4H,2-3H2,1H3. The van der Waals surface area contributed by atoms with Crippen molar-refractivity contribution in [1.29, 1.82) is 0 Å². The molecule has 0 unspecified atom stereocenters. The molecule has 0 radical (unpaired) electrons. The van der Waals surface area contributed by atoms with Crippen molar-refractivity contribution in [1.82, 2.24) is 0 Å². The van der Waals surface area contributed by atoms with Gasteiger partial charge >= 0.3 is 6.99 Å². The van der Waals surface area contributed by atoms with E-state index in [1.165, 1.54) is 0 Å². The first kappa shape index (κ1) is 6.12. The van der Waals surface area contributed by atoms with Crippen molar-refractivity contribution in [3.63, 3.8) is 0 Å². The van der Waals surface area contributed by atoms with E-state index >= 15 is 0 Å². The summed E-state index contributed by atoms with van der Waals surface area (Å²) in [5.41, 5.74) is 0. The van der Waals surface area contributed by atoms with Crippen molar-refractivity contribution < 1.29 is 4.32 Å². The number of halogens is 1. The summed E-state index contributed by atoms with van der Waals surface area (Å²) >= 11 is 0. The van der Waals surface area contributed by atoms with Gasteiger partial charge in [0.1, 0.15) is 0 Å². The Labute approximate surface area is 40.3 Å². The SMILES string of the molecule is BBCB(C)F. The van der Waals surface area contributed by atoms with E-state index in [4.69, 9.17) is 0 Å². The van der Waals surface area contributed by atoms with Gasteiger partial charge in [-0.1, -0.05) is 13.0 Å². The van der Waals surface area contributed by atoms with E-state index in [2.05, 4.69) is 0 Å². The predicted octanol–water partition coefficient (Wildman–Crippen LogP) is -0.481. The molecular weight excluding hydrogens is 75.5 g/mol. The summed E-state index contributed by atoms with van der Waals surface area (Å²) in [4.78, 5) is 0. The van der Waals surface area contributed by atoms with Crippen LogP contribution in [0.1, 0.15) is 0 Å². The molecule has 0 N–H and O–H groups in total. The Balaban J connectivity index is 2.63. The van der Waals surface area contributed by atoms with Gasteiger partial charge in [0, 0.05) is 0 Å². The maximum atomic E-state index is 11.7. The molecule has 0 fully saturated rings. The van der Waals surface area contributed by atoms with Crippen LogP contribution in [0, 0.1) is 0 Å². The molecule has 0 aliphatic heterocycles. The Morgan fingerprint density at radius 2 is 2.50 bits per heavy atom. The highest BCUT2D eigenvalue weighted by molar-refractivity contribution is 6.94. The zero-order valence-electron chi connectivity index (χ0n) is 4.37. The minimum Gasteiger partial charge on any atom is -0.337 e. The Kier molecular flexibility index (Phi) is 3.39. The number of hydrogen-bond acceptors (Lipinski definition) is 0. The molecule has 4 heteroatoms. The van der Waals surface area contributed by atoms with E-state index in [-0.39, 0.29) is 0 Å². The van der Waals surface area contributed by atoms with E-state index in [0.717, 1.165) is 7.17 Å². The smallest absolute Gasteiger partial charge is 0.337 e. The minimum absolute atomic E-state index is 0.602. The molecule has 0 heterocycles. The highest BCUT2D eigenvalue weighted by Gasteiger charge is 2.00. The van der Waals surface area contributed by atoms with Crippen molar-refractivity contribution in [3.8, 4) is 0 Å². The van der Waals surface area contributed by atoms with Gasteiger partial charge in [-0.3, -0.25) is 0 Å². The van der Waals surface area contributed by atoms with Crippen LogP contribution in [0.5, 0.6) is 0 Å². The lowest BCUT2D eigenvalue weighted by atomic mass is 9.42. The maximum absolute atomic E-state index is 11.7. The van der Waals surface area contributed by atoms with Gasteiger partial charge in [-0.25, -0.2) is 0 Å². The van der Waals surface area contributed by atoms with Crippen molar-refractivity contribution in [2.45, 2.75) is 13.0 Å². The fourth-order valence-electron chi connectivity index (χ4n) is 0.398. The average molecular weight is 83.5 g/mol. The van der Waals surface area contributed by atoms with Gasteiger partial charge in [0.25, 0.3) is 0 Å². The molecule has 0 atom stereocenters. The second-order valence-electron chi connectivity index (χ2n) is 1.57. The highest BCUT2D eigenvalue weighted by atomic mass is 19.1. The largest absolute Gasteiger partial charge is 0.337 e. The van der Waals surface area contributed by atoms with Gasteiger partial charge in [-0.15, -0.1) is 0 Å². The van der Waals surface area contributed by atoms with Crippen LogP contribution >= 0.6 is 0 Å². The molecular formula is C2H8B3F.